The Labute approximate surface area is 63.3 Å². The minimum atomic E-state index is 0.245. The summed E-state index contributed by atoms with van der Waals surface area (Å²) >= 11 is 3.30. The van der Waals surface area contributed by atoms with E-state index in [4.69, 9.17) is 0 Å². The van der Waals surface area contributed by atoms with Crippen molar-refractivity contribution in [3.8, 4) is 0 Å². The van der Waals surface area contributed by atoms with Crippen LogP contribution in [0.5, 0.6) is 0 Å². The molecule has 1 amide bonds. The third kappa shape index (κ3) is 1.26. The molecule has 1 fully saturated rings. The van der Waals surface area contributed by atoms with Crippen LogP contribution in [0.1, 0.15) is 6.42 Å². The number of hydrogen-bond acceptors (Lipinski definition) is 1. The first-order valence-electron chi connectivity index (χ1n) is 3.06. The summed E-state index contributed by atoms with van der Waals surface area (Å²) in [5.41, 5.74) is 0. The molecule has 9 heavy (non-hydrogen) atoms. The molecule has 0 saturated carbocycles. The number of halogens is 1. The molecule has 0 radical (unpaired) electrons. The molecule has 0 aromatic carbocycles. The van der Waals surface area contributed by atoms with Crippen LogP contribution in [0.15, 0.2) is 0 Å². The number of nitrogens with zero attached hydrogens (tertiary/aromatic N) is 1. The molecule has 52 valence electrons. The molecule has 1 rings (SSSR count). The van der Waals surface area contributed by atoms with Gasteiger partial charge in [-0.1, -0.05) is 15.9 Å². The molecule has 0 aromatic heterocycles. The van der Waals surface area contributed by atoms with E-state index in [0.717, 1.165) is 18.3 Å². The maximum absolute atomic E-state index is 11.0. The van der Waals surface area contributed by atoms with Crippen LogP contribution in [0, 0.1) is 5.92 Å². The van der Waals surface area contributed by atoms with Gasteiger partial charge < -0.3 is 4.90 Å². The first-order valence-corrected chi connectivity index (χ1v) is 4.19. The van der Waals surface area contributed by atoms with Crippen molar-refractivity contribution in [1.29, 1.82) is 0 Å². The van der Waals surface area contributed by atoms with Crippen molar-refractivity contribution in [2.45, 2.75) is 6.42 Å². The van der Waals surface area contributed by atoms with Gasteiger partial charge in [-0.3, -0.25) is 4.79 Å². The average Bonchev–Trinajstić information content (AvgIpc) is 2.15. The van der Waals surface area contributed by atoms with Gasteiger partial charge in [-0.2, -0.15) is 0 Å². The Morgan fingerprint density at radius 1 is 1.89 bits per heavy atom. The van der Waals surface area contributed by atoms with E-state index in [1.165, 1.54) is 0 Å². The summed E-state index contributed by atoms with van der Waals surface area (Å²) in [6, 6.07) is 0. The Morgan fingerprint density at radius 3 is 2.78 bits per heavy atom. The molecule has 0 aromatic rings. The molecule has 1 aliphatic rings. The molecule has 2 nitrogen and oxygen atoms in total. The van der Waals surface area contributed by atoms with Crippen molar-refractivity contribution in [1.82, 2.24) is 4.90 Å². The van der Waals surface area contributed by atoms with Gasteiger partial charge in [0.25, 0.3) is 0 Å². The van der Waals surface area contributed by atoms with Crippen LogP contribution < -0.4 is 0 Å². The Morgan fingerprint density at radius 2 is 2.56 bits per heavy atom. The second-order valence-electron chi connectivity index (χ2n) is 2.40. The molecule has 0 aliphatic carbocycles. The van der Waals surface area contributed by atoms with Crippen LogP contribution in [0.2, 0.25) is 0 Å². The monoisotopic (exact) mass is 191 g/mol. The lowest BCUT2D eigenvalue weighted by atomic mass is 10.1. The SMILES string of the molecule is CN1CC[C@H](CBr)C1=O. The normalized spacial score (nSPS) is 27.6. The van der Waals surface area contributed by atoms with Crippen molar-refractivity contribution in [3.63, 3.8) is 0 Å². The van der Waals surface area contributed by atoms with Crippen molar-refractivity contribution >= 4 is 21.8 Å². The topological polar surface area (TPSA) is 20.3 Å². The summed E-state index contributed by atoms with van der Waals surface area (Å²) in [6.45, 7) is 0.926. The van der Waals surface area contributed by atoms with E-state index >= 15 is 0 Å². The van der Waals surface area contributed by atoms with Crippen molar-refractivity contribution < 1.29 is 4.79 Å². The van der Waals surface area contributed by atoms with E-state index in [1.807, 2.05) is 7.05 Å². The first-order chi connectivity index (χ1) is 4.25. The maximum atomic E-state index is 11.0. The molecular weight excluding hydrogens is 182 g/mol. The van der Waals surface area contributed by atoms with Crippen LogP contribution in [0.4, 0.5) is 0 Å². The quantitative estimate of drug-likeness (QED) is 0.564. The lowest BCUT2D eigenvalue weighted by Crippen LogP contribution is -2.22. The molecule has 3 heteroatoms. The maximum Gasteiger partial charge on any atom is 0.226 e. The Bertz CT molecular complexity index is 126. The predicted octanol–water partition coefficient (Wildman–Crippen LogP) is 0.860. The lowest BCUT2D eigenvalue weighted by molar-refractivity contribution is -0.129. The number of carbonyl (C=O) groups excluding carboxylic acids is 1. The van der Waals surface area contributed by atoms with E-state index in [9.17, 15) is 4.79 Å². The molecular formula is C6H10BrNO. The smallest absolute Gasteiger partial charge is 0.226 e. The third-order valence-electron chi connectivity index (χ3n) is 1.72. The van der Waals surface area contributed by atoms with Gasteiger partial charge in [-0.05, 0) is 6.42 Å². The highest BCUT2D eigenvalue weighted by atomic mass is 79.9. The summed E-state index contributed by atoms with van der Waals surface area (Å²) < 4.78 is 0. The fourth-order valence-electron chi connectivity index (χ4n) is 1.04. The zero-order valence-corrected chi connectivity index (χ0v) is 7.02. The van der Waals surface area contributed by atoms with E-state index in [0.29, 0.717) is 0 Å². The van der Waals surface area contributed by atoms with Crippen LogP contribution in [0.3, 0.4) is 0 Å². The van der Waals surface area contributed by atoms with Gasteiger partial charge in [0.2, 0.25) is 5.91 Å². The van der Waals surface area contributed by atoms with Gasteiger partial charge in [0, 0.05) is 24.8 Å². The standard InChI is InChI=1S/C6H10BrNO/c1-8-3-2-5(4-7)6(8)9/h5H,2-4H2,1H3/t5-/m1/s1. The second-order valence-corrected chi connectivity index (χ2v) is 3.05. The molecule has 1 atom stereocenters. The number of likely N-dealkylation sites (tertiary alicyclic amines) is 1. The number of alkyl halides is 1. The van der Waals surface area contributed by atoms with Crippen LogP contribution >= 0.6 is 15.9 Å². The highest BCUT2D eigenvalue weighted by molar-refractivity contribution is 9.09. The minimum Gasteiger partial charge on any atom is -0.345 e. The highest BCUT2D eigenvalue weighted by Crippen LogP contribution is 2.17. The fraction of sp³-hybridized carbons (Fsp3) is 0.833. The molecule has 1 heterocycles. The lowest BCUT2D eigenvalue weighted by Gasteiger charge is -2.06. The fourth-order valence-corrected chi connectivity index (χ4v) is 1.64. The average molecular weight is 192 g/mol. The van der Waals surface area contributed by atoms with E-state index in [1.54, 1.807) is 4.90 Å². The van der Waals surface area contributed by atoms with Crippen molar-refractivity contribution in [2.24, 2.45) is 5.92 Å². The van der Waals surface area contributed by atoms with E-state index < -0.39 is 0 Å². The molecule has 0 N–H and O–H groups in total. The van der Waals surface area contributed by atoms with Gasteiger partial charge in [0.15, 0.2) is 0 Å². The van der Waals surface area contributed by atoms with Crippen LogP contribution in [-0.2, 0) is 4.79 Å². The van der Waals surface area contributed by atoms with Gasteiger partial charge >= 0.3 is 0 Å². The van der Waals surface area contributed by atoms with Gasteiger partial charge in [0.05, 0.1) is 0 Å². The van der Waals surface area contributed by atoms with Crippen LogP contribution in [0.25, 0.3) is 0 Å². The summed E-state index contributed by atoms with van der Waals surface area (Å²) in [4.78, 5) is 12.8. The predicted molar refractivity (Wildman–Crippen MR) is 39.5 cm³/mol. The van der Waals surface area contributed by atoms with E-state index in [-0.39, 0.29) is 11.8 Å². The van der Waals surface area contributed by atoms with E-state index in [2.05, 4.69) is 15.9 Å². The minimum absolute atomic E-state index is 0.245. The zero-order chi connectivity index (χ0) is 6.85. The summed E-state index contributed by atoms with van der Waals surface area (Å²) in [5.74, 6) is 0.530. The summed E-state index contributed by atoms with van der Waals surface area (Å²) in [7, 11) is 1.85. The second kappa shape index (κ2) is 2.69. The number of hydrogen-bond donors (Lipinski definition) is 0. The number of carbonyl (C=O) groups is 1. The van der Waals surface area contributed by atoms with Gasteiger partial charge in [-0.25, -0.2) is 0 Å². The van der Waals surface area contributed by atoms with Crippen LogP contribution in [-0.4, -0.2) is 29.7 Å². The van der Waals surface area contributed by atoms with Crippen molar-refractivity contribution in [3.05, 3.63) is 0 Å². The number of amides is 1. The van der Waals surface area contributed by atoms with Gasteiger partial charge in [0.1, 0.15) is 0 Å². The Kier molecular flexibility index (Phi) is 2.11. The largest absolute Gasteiger partial charge is 0.345 e. The first kappa shape index (κ1) is 7.06. The number of rotatable bonds is 1. The van der Waals surface area contributed by atoms with Gasteiger partial charge in [-0.15, -0.1) is 0 Å². The molecule has 0 spiro atoms. The summed E-state index contributed by atoms with van der Waals surface area (Å²) in [6.07, 6.45) is 1.01. The van der Waals surface area contributed by atoms with Crippen molar-refractivity contribution in [2.75, 3.05) is 18.9 Å². The highest BCUT2D eigenvalue weighted by Gasteiger charge is 2.27. The molecule has 0 bridgehead atoms. The summed E-state index contributed by atoms with van der Waals surface area (Å²) in [5, 5.41) is 0.816. The Hall–Kier alpha value is -0.0500. The molecule has 1 saturated heterocycles. The molecule has 1 aliphatic heterocycles. The zero-order valence-electron chi connectivity index (χ0n) is 5.43. The third-order valence-corrected chi connectivity index (χ3v) is 2.51. The molecule has 0 unspecified atom stereocenters. The Balaban J connectivity index is 2.51.